The van der Waals surface area contributed by atoms with Gasteiger partial charge < -0.3 is 45.9 Å². The number of aliphatic hydroxyl groups excluding tert-OH is 2. The molecule has 4 aliphatic heterocycles. The minimum absolute atomic E-state index is 0.0543. The molecule has 15 nitrogen and oxygen atoms in total. The van der Waals surface area contributed by atoms with E-state index < -0.39 is 64.3 Å². The van der Waals surface area contributed by atoms with Crippen LogP contribution in [0.4, 0.5) is 28.2 Å². The molecule has 1 aromatic heterocycles. The van der Waals surface area contributed by atoms with Crippen molar-refractivity contribution < 1.29 is 51.6 Å². The second-order valence-corrected chi connectivity index (χ2v) is 22.5. The number of aromatic nitrogens is 2. The molecule has 0 radical (unpaired) electrons. The molecule has 6 atom stereocenters. The molecule has 3 unspecified atom stereocenters. The SMILES string of the molecule is Cc1c(F)cc2c(c1[C@@]1(C)C(F)=C(OCCO)C=CC1C(N)=O)C(C)[C@@](CNC1CCC(C(=O)N3CCC([C@H](C)N4CCC(c5c(F)cc6c(N7CCC(O)NC7=O)nn(C)c6c5F)CC4)CC3)CC1)(c1ccccc1)O2. The van der Waals surface area contributed by atoms with E-state index in [9.17, 15) is 24.6 Å². The van der Waals surface area contributed by atoms with E-state index in [2.05, 4.69) is 27.6 Å². The van der Waals surface area contributed by atoms with Gasteiger partial charge in [0.05, 0.1) is 23.3 Å². The zero-order valence-corrected chi connectivity index (χ0v) is 44.6. The monoisotopic (exact) mass is 1070 g/mol. The molecule has 5 heterocycles. The van der Waals surface area contributed by atoms with Gasteiger partial charge in [-0.1, -0.05) is 43.3 Å². The number of benzene rings is 3. The first kappa shape index (κ1) is 54.3. The van der Waals surface area contributed by atoms with E-state index in [4.69, 9.17) is 15.2 Å². The van der Waals surface area contributed by atoms with E-state index in [1.807, 2.05) is 42.2 Å². The van der Waals surface area contributed by atoms with E-state index >= 15 is 17.6 Å². The van der Waals surface area contributed by atoms with Crippen molar-refractivity contribution in [2.24, 2.45) is 30.5 Å². The molecule has 10 rings (SSSR count). The summed E-state index contributed by atoms with van der Waals surface area (Å²) in [5.74, 6) is -4.81. The third-order valence-electron chi connectivity index (χ3n) is 18.4. The summed E-state index contributed by atoms with van der Waals surface area (Å²) in [6, 6.07) is 12.0. The summed E-state index contributed by atoms with van der Waals surface area (Å²) in [5, 5.41) is 30.1. The first-order valence-corrected chi connectivity index (χ1v) is 27.4. The summed E-state index contributed by atoms with van der Waals surface area (Å²) < 4.78 is 79.4. The van der Waals surface area contributed by atoms with E-state index in [-0.39, 0.29) is 101 Å². The Morgan fingerprint density at radius 3 is 2.32 bits per heavy atom. The Balaban J connectivity index is 0.750. The lowest BCUT2D eigenvalue weighted by molar-refractivity contribution is -0.138. The predicted octanol–water partition coefficient (Wildman–Crippen LogP) is 7.70. The van der Waals surface area contributed by atoms with Gasteiger partial charge in [-0.3, -0.25) is 19.2 Å². The van der Waals surface area contributed by atoms with Gasteiger partial charge in [0.1, 0.15) is 35.7 Å². The number of nitrogens with two attached hydrogens (primary N) is 1. The molecule has 4 fully saturated rings. The summed E-state index contributed by atoms with van der Waals surface area (Å²) in [4.78, 5) is 45.6. The van der Waals surface area contributed by atoms with Crippen LogP contribution < -0.4 is 26.0 Å². The van der Waals surface area contributed by atoms with Crippen LogP contribution in [-0.2, 0) is 32.4 Å². The first-order valence-electron chi connectivity index (χ1n) is 27.4. The number of anilines is 1. The van der Waals surface area contributed by atoms with Crippen LogP contribution in [0.3, 0.4) is 0 Å². The molecule has 0 bridgehead atoms. The molecule has 4 amide bonds. The van der Waals surface area contributed by atoms with Gasteiger partial charge in [0.2, 0.25) is 11.8 Å². The maximum absolute atomic E-state index is 17.0. The molecule has 4 aromatic rings. The number of aliphatic hydroxyl groups is 2. The van der Waals surface area contributed by atoms with Gasteiger partial charge in [0.25, 0.3) is 0 Å². The molecule has 414 valence electrons. The zero-order chi connectivity index (χ0) is 54.7. The second-order valence-electron chi connectivity index (χ2n) is 22.5. The number of allylic oxidation sites excluding steroid dienone is 2. The Labute approximate surface area is 446 Å². The summed E-state index contributed by atoms with van der Waals surface area (Å²) in [6.07, 6.45) is 7.95. The molecule has 6 N–H and O–H groups in total. The number of nitrogens with one attached hydrogen (secondary N) is 2. The lowest BCUT2D eigenvalue weighted by Crippen LogP contribution is -2.52. The minimum Gasteiger partial charge on any atom is -0.488 e. The van der Waals surface area contributed by atoms with Crippen LogP contribution in [0, 0.1) is 42.1 Å². The van der Waals surface area contributed by atoms with Gasteiger partial charge in [-0.2, -0.15) is 5.10 Å². The summed E-state index contributed by atoms with van der Waals surface area (Å²) in [5.41, 5.74) is 5.15. The van der Waals surface area contributed by atoms with Crippen molar-refractivity contribution in [2.75, 3.05) is 57.4 Å². The molecular weight excluding hydrogens is 997 g/mol. The second kappa shape index (κ2) is 21.7. The number of hydrogen-bond acceptors (Lipinski definition) is 10. The van der Waals surface area contributed by atoms with Crippen molar-refractivity contribution in [3.63, 3.8) is 0 Å². The fraction of sp³-hybridized carbons (Fsp3) is 0.552. The quantitative estimate of drug-likeness (QED) is 0.0784. The number of aryl methyl sites for hydroxylation is 1. The largest absolute Gasteiger partial charge is 0.488 e. The Hall–Kier alpha value is -6.02. The minimum atomic E-state index is -1.77. The van der Waals surface area contributed by atoms with E-state index in [1.54, 1.807) is 20.9 Å². The number of nitrogens with zero attached hydrogens (tertiary/aromatic N) is 5. The summed E-state index contributed by atoms with van der Waals surface area (Å²) in [6.45, 7) is 9.99. The summed E-state index contributed by atoms with van der Waals surface area (Å²) in [7, 11) is 1.58. The van der Waals surface area contributed by atoms with Crippen molar-refractivity contribution in [2.45, 2.75) is 127 Å². The van der Waals surface area contributed by atoms with Crippen LogP contribution in [0.5, 0.6) is 5.75 Å². The Morgan fingerprint density at radius 2 is 1.66 bits per heavy atom. The van der Waals surface area contributed by atoms with E-state index in [0.717, 1.165) is 31.2 Å². The van der Waals surface area contributed by atoms with Crippen molar-refractivity contribution in [3.8, 4) is 5.75 Å². The number of ether oxygens (including phenoxy) is 2. The molecule has 19 heteroatoms. The molecular formula is C58H72F4N8O7. The number of hydrogen-bond donors (Lipinski definition) is 5. The van der Waals surface area contributed by atoms with Gasteiger partial charge in [0, 0.05) is 80.8 Å². The molecule has 1 saturated carbocycles. The topological polar surface area (TPSA) is 188 Å². The van der Waals surface area contributed by atoms with Gasteiger partial charge in [-0.05, 0) is 126 Å². The normalized spacial score (nSPS) is 27.9. The molecule has 3 saturated heterocycles. The number of fused-ring (bicyclic) bond motifs is 2. The van der Waals surface area contributed by atoms with Crippen LogP contribution in [0.15, 0.2) is 66.2 Å². The van der Waals surface area contributed by atoms with Crippen LogP contribution in [0.2, 0.25) is 0 Å². The highest BCUT2D eigenvalue weighted by Crippen LogP contribution is 2.58. The smallest absolute Gasteiger partial charge is 0.325 e. The molecule has 3 aromatic carbocycles. The first-order chi connectivity index (χ1) is 36.9. The van der Waals surface area contributed by atoms with Gasteiger partial charge >= 0.3 is 6.03 Å². The fourth-order valence-corrected chi connectivity index (χ4v) is 13.9. The number of primary amides is 1. The lowest BCUT2D eigenvalue weighted by atomic mass is 9.63. The third kappa shape index (κ3) is 9.66. The average molecular weight is 1070 g/mol. The van der Waals surface area contributed by atoms with Crippen LogP contribution >= 0.6 is 0 Å². The number of piperidine rings is 2. The van der Waals surface area contributed by atoms with Gasteiger partial charge in [-0.25, -0.2) is 22.4 Å². The van der Waals surface area contributed by atoms with Crippen molar-refractivity contribution in [1.29, 1.82) is 0 Å². The Bertz CT molecular complexity index is 2970. The summed E-state index contributed by atoms with van der Waals surface area (Å²) >= 11 is 0. The number of likely N-dealkylation sites (tertiary alicyclic amines) is 2. The Morgan fingerprint density at radius 1 is 0.961 bits per heavy atom. The van der Waals surface area contributed by atoms with Crippen molar-refractivity contribution in [3.05, 3.63) is 111 Å². The highest BCUT2D eigenvalue weighted by atomic mass is 19.1. The predicted molar refractivity (Wildman–Crippen MR) is 282 cm³/mol. The maximum Gasteiger partial charge on any atom is 0.325 e. The number of halogens is 4. The fourth-order valence-electron chi connectivity index (χ4n) is 13.9. The van der Waals surface area contributed by atoms with Gasteiger partial charge in [0.15, 0.2) is 28.8 Å². The molecule has 6 aliphatic rings. The highest BCUT2D eigenvalue weighted by molar-refractivity contribution is 6.01. The third-order valence-corrected chi connectivity index (χ3v) is 18.4. The highest BCUT2D eigenvalue weighted by Gasteiger charge is 2.55. The van der Waals surface area contributed by atoms with Crippen LogP contribution in [0.1, 0.15) is 118 Å². The molecule has 77 heavy (non-hydrogen) atoms. The molecule has 2 aliphatic carbocycles. The van der Waals surface area contributed by atoms with Crippen molar-refractivity contribution >= 4 is 34.6 Å². The van der Waals surface area contributed by atoms with Gasteiger partial charge in [-0.15, -0.1) is 0 Å². The molecule has 0 spiro atoms. The lowest BCUT2D eigenvalue weighted by Gasteiger charge is -2.43. The zero-order valence-electron chi connectivity index (χ0n) is 44.6. The van der Waals surface area contributed by atoms with E-state index in [0.29, 0.717) is 69.9 Å². The maximum atomic E-state index is 17.0. The average Bonchev–Trinajstić information content (AvgIpc) is 3.91. The standard InChI is InChI=1S/C58H72F4N8O7/c1-32-42(59)30-45-47(49(32)57(4)41(53(63)73)15-16-44(52(57)62)76-28-27-71)33(2)58(77-45,38-9-7-6-8-10-38)31-64-39-13-11-37(12-14-39)55(74)69-24-17-35(18-25-69)34(3)68-22-19-36(20-23-68)48-43(60)29-40-51(50(48)61)67(5)66-54(40)70-26-21-46(72)65-56(70)75/h6-10,15-16,29-30,33-37,39,41,46,64,71-72H,11-14,17-28,31H2,1-5H3,(H2,63,73)(H,65,75)/t33?,34-,37?,39?,41?,46?,57-,58-/m0/s1. The van der Waals surface area contributed by atoms with E-state index in [1.165, 1.54) is 33.9 Å². The number of amides is 4. The number of carbonyl (C=O) groups is 3. The number of carbonyl (C=O) groups excluding carboxylic acids is 3. The van der Waals surface area contributed by atoms with Crippen molar-refractivity contribution in [1.82, 2.24) is 30.2 Å². The Kier molecular flexibility index (Phi) is 15.3. The number of rotatable bonds is 14. The van der Waals surface area contributed by atoms with Crippen LogP contribution in [0.25, 0.3) is 10.9 Å². The number of urea groups is 1. The van der Waals surface area contributed by atoms with Crippen LogP contribution in [-0.4, -0.2) is 118 Å².